The minimum atomic E-state index is -3.50. The predicted molar refractivity (Wildman–Crippen MR) is 113 cm³/mol. The van der Waals surface area contributed by atoms with Gasteiger partial charge in [-0.05, 0) is 36.8 Å². The molecule has 2 rings (SSSR count). The van der Waals surface area contributed by atoms with Gasteiger partial charge in [0.15, 0.2) is 0 Å². The average Bonchev–Trinajstić information content (AvgIpc) is 2.67. The number of piperazine rings is 1. The number of rotatable bonds is 9. The first-order chi connectivity index (χ1) is 13.2. The Kier molecular flexibility index (Phi) is 8.46. The van der Waals surface area contributed by atoms with Crippen LogP contribution in [0.2, 0.25) is 0 Å². The van der Waals surface area contributed by atoms with Gasteiger partial charge in [-0.15, -0.1) is 0 Å². The maximum Gasteiger partial charge on any atom is 0.282 e. The van der Waals surface area contributed by atoms with Gasteiger partial charge in [-0.2, -0.15) is 17.0 Å². The van der Waals surface area contributed by atoms with E-state index < -0.39 is 10.2 Å². The molecule has 0 atom stereocenters. The highest BCUT2D eigenvalue weighted by Gasteiger charge is 2.33. The van der Waals surface area contributed by atoms with Gasteiger partial charge in [0.2, 0.25) is 0 Å². The van der Waals surface area contributed by atoms with Crippen molar-refractivity contribution < 1.29 is 13.2 Å². The second-order valence-corrected chi connectivity index (χ2v) is 10.3. The second-order valence-electron chi connectivity index (χ2n) is 8.33. The molecular formula is C21H35N3O3S. The summed E-state index contributed by atoms with van der Waals surface area (Å²) < 4.78 is 29.6. The molecule has 0 aliphatic carbocycles. The number of hydrogen-bond donors (Lipinski definition) is 0. The fourth-order valence-corrected chi connectivity index (χ4v) is 4.82. The summed E-state index contributed by atoms with van der Waals surface area (Å²) in [5.74, 6) is 0.878. The standard InChI is InChI=1S/C21H35N3O3S/c1-18(2)10-12-23(13-11-19(3)4)28(26,27)24-16-14-22(15-17-24)21(25)20-8-6-5-7-9-20/h5-9,18-19H,10-17H2,1-4H3. The summed E-state index contributed by atoms with van der Waals surface area (Å²) in [4.78, 5) is 14.3. The number of hydrogen-bond acceptors (Lipinski definition) is 3. The highest BCUT2D eigenvalue weighted by atomic mass is 32.2. The van der Waals surface area contributed by atoms with Crippen molar-refractivity contribution in [3.63, 3.8) is 0 Å². The van der Waals surface area contributed by atoms with Crippen LogP contribution in [0.3, 0.4) is 0 Å². The Morgan fingerprint density at radius 3 is 1.89 bits per heavy atom. The first-order valence-electron chi connectivity index (χ1n) is 10.3. The van der Waals surface area contributed by atoms with Crippen molar-refractivity contribution in [1.29, 1.82) is 0 Å². The third-order valence-corrected chi connectivity index (χ3v) is 7.15. The van der Waals surface area contributed by atoms with Crippen molar-refractivity contribution in [2.45, 2.75) is 40.5 Å². The topological polar surface area (TPSA) is 60.9 Å². The molecule has 1 saturated heterocycles. The largest absolute Gasteiger partial charge is 0.336 e. The van der Waals surface area contributed by atoms with Gasteiger partial charge in [-0.25, -0.2) is 0 Å². The number of amides is 1. The van der Waals surface area contributed by atoms with Crippen molar-refractivity contribution in [3.8, 4) is 0 Å². The highest BCUT2D eigenvalue weighted by molar-refractivity contribution is 7.86. The molecule has 28 heavy (non-hydrogen) atoms. The average molecular weight is 410 g/mol. The number of carbonyl (C=O) groups excluding carboxylic acids is 1. The highest BCUT2D eigenvalue weighted by Crippen LogP contribution is 2.17. The molecule has 1 amide bonds. The third-order valence-electron chi connectivity index (χ3n) is 5.11. The minimum absolute atomic E-state index is 0.0332. The van der Waals surface area contributed by atoms with Crippen LogP contribution >= 0.6 is 0 Å². The Morgan fingerprint density at radius 2 is 1.43 bits per heavy atom. The van der Waals surface area contributed by atoms with E-state index >= 15 is 0 Å². The SMILES string of the molecule is CC(C)CCN(CCC(C)C)S(=O)(=O)N1CCN(C(=O)c2ccccc2)CC1. The van der Waals surface area contributed by atoms with Crippen molar-refractivity contribution in [2.75, 3.05) is 39.3 Å². The molecular weight excluding hydrogens is 374 g/mol. The molecule has 1 aromatic carbocycles. The zero-order chi connectivity index (χ0) is 20.7. The number of nitrogens with zero attached hydrogens (tertiary/aromatic N) is 3. The summed E-state index contributed by atoms with van der Waals surface area (Å²) in [6.07, 6.45) is 1.70. The fraction of sp³-hybridized carbons (Fsp3) is 0.667. The van der Waals surface area contributed by atoms with Crippen LogP contribution in [0.5, 0.6) is 0 Å². The van der Waals surface area contributed by atoms with Crippen LogP contribution in [0.15, 0.2) is 30.3 Å². The summed E-state index contributed by atoms with van der Waals surface area (Å²) in [6.45, 7) is 11.1. The van der Waals surface area contributed by atoms with Crippen LogP contribution in [0, 0.1) is 11.8 Å². The van der Waals surface area contributed by atoms with E-state index in [0.29, 0.717) is 56.7 Å². The van der Waals surface area contributed by atoms with Crippen molar-refractivity contribution >= 4 is 16.1 Å². The Morgan fingerprint density at radius 1 is 0.929 bits per heavy atom. The zero-order valence-electron chi connectivity index (χ0n) is 17.7. The normalized spacial score (nSPS) is 16.3. The maximum atomic E-state index is 13.2. The Bertz CT molecular complexity index is 700. The molecule has 6 nitrogen and oxygen atoms in total. The first kappa shape index (κ1) is 22.8. The van der Waals surface area contributed by atoms with Crippen LogP contribution in [-0.4, -0.2) is 67.1 Å². The Hall–Kier alpha value is -1.44. The van der Waals surface area contributed by atoms with E-state index in [1.807, 2.05) is 18.2 Å². The van der Waals surface area contributed by atoms with Crippen LogP contribution in [-0.2, 0) is 10.2 Å². The molecule has 0 saturated carbocycles. The van der Waals surface area contributed by atoms with Crippen molar-refractivity contribution in [1.82, 2.24) is 13.5 Å². The van der Waals surface area contributed by atoms with Crippen LogP contribution in [0.25, 0.3) is 0 Å². The van der Waals surface area contributed by atoms with Gasteiger partial charge < -0.3 is 4.90 Å². The van der Waals surface area contributed by atoms with E-state index in [1.54, 1.807) is 25.6 Å². The minimum Gasteiger partial charge on any atom is -0.336 e. The van der Waals surface area contributed by atoms with Gasteiger partial charge in [-0.3, -0.25) is 4.79 Å². The third kappa shape index (κ3) is 6.29. The number of benzene rings is 1. The number of carbonyl (C=O) groups is 1. The van der Waals surface area contributed by atoms with Gasteiger partial charge in [0.1, 0.15) is 0 Å². The second kappa shape index (κ2) is 10.4. The van der Waals surface area contributed by atoms with Gasteiger partial charge >= 0.3 is 0 Å². The lowest BCUT2D eigenvalue weighted by atomic mass is 10.1. The van der Waals surface area contributed by atoms with Crippen LogP contribution in [0.4, 0.5) is 0 Å². The van der Waals surface area contributed by atoms with Gasteiger partial charge in [0.25, 0.3) is 16.1 Å². The zero-order valence-corrected chi connectivity index (χ0v) is 18.5. The Balaban J connectivity index is 2.01. The quantitative estimate of drug-likeness (QED) is 0.630. The molecule has 7 heteroatoms. The van der Waals surface area contributed by atoms with E-state index in [2.05, 4.69) is 27.7 Å². The molecule has 0 aromatic heterocycles. The van der Waals surface area contributed by atoms with E-state index in [-0.39, 0.29) is 5.91 Å². The first-order valence-corrected chi connectivity index (χ1v) is 11.7. The smallest absolute Gasteiger partial charge is 0.282 e. The molecule has 158 valence electrons. The van der Waals surface area contributed by atoms with Gasteiger partial charge in [-0.1, -0.05) is 45.9 Å². The molecule has 0 bridgehead atoms. The lowest BCUT2D eigenvalue weighted by molar-refractivity contribution is 0.0693. The molecule has 0 N–H and O–H groups in total. The lowest BCUT2D eigenvalue weighted by Gasteiger charge is -2.37. The van der Waals surface area contributed by atoms with E-state index in [0.717, 1.165) is 12.8 Å². The molecule has 1 aromatic rings. The van der Waals surface area contributed by atoms with Crippen molar-refractivity contribution in [2.24, 2.45) is 11.8 Å². The molecule has 1 aliphatic rings. The van der Waals surface area contributed by atoms with Crippen LogP contribution in [0.1, 0.15) is 50.9 Å². The summed E-state index contributed by atoms with van der Waals surface area (Å²) in [5, 5.41) is 0. The molecule has 1 fully saturated rings. The van der Waals surface area contributed by atoms with E-state index in [4.69, 9.17) is 0 Å². The fourth-order valence-electron chi connectivity index (χ4n) is 3.20. The van der Waals surface area contributed by atoms with E-state index in [9.17, 15) is 13.2 Å². The lowest BCUT2D eigenvalue weighted by Crippen LogP contribution is -2.54. The maximum absolute atomic E-state index is 13.2. The molecule has 1 aliphatic heterocycles. The molecule has 0 spiro atoms. The summed E-state index contributed by atoms with van der Waals surface area (Å²) >= 11 is 0. The molecule has 0 radical (unpaired) electrons. The molecule has 0 unspecified atom stereocenters. The summed E-state index contributed by atoms with van der Waals surface area (Å²) in [6, 6.07) is 9.16. The summed E-state index contributed by atoms with van der Waals surface area (Å²) in [5.41, 5.74) is 0.648. The monoisotopic (exact) mass is 409 g/mol. The van der Waals surface area contributed by atoms with Crippen LogP contribution < -0.4 is 0 Å². The van der Waals surface area contributed by atoms with Gasteiger partial charge in [0, 0.05) is 44.8 Å². The summed E-state index contributed by atoms with van der Waals surface area (Å²) in [7, 11) is -3.50. The predicted octanol–water partition coefficient (Wildman–Crippen LogP) is 3.08. The Labute approximate surface area is 170 Å². The van der Waals surface area contributed by atoms with E-state index in [1.165, 1.54) is 0 Å². The molecule has 1 heterocycles. The van der Waals surface area contributed by atoms with Crippen molar-refractivity contribution in [3.05, 3.63) is 35.9 Å². The van der Waals surface area contributed by atoms with Gasteiger partial charge in [0.05, 0.1) is 0 Å².